The van der Waals surface area contributed by atoms with Crippen molar-refractivity contribution in [2.75, 3.05) is 0 Å². The molecule has 58 valence electrons. The highest BCUT2D eigenvalue weighted by atomic mass is 79.9. The summed E-state index contributed by atoms with van der Waals surface area (Å²) >= 11 is 0. The van der Waals surface area contributed by atoms with Crippen LogP contribution in [0.2, 0.25) is 0 Å². The molecule has 0 bridgehead atoms. The molecule has 5 heteroatoms. The van der Waals surface area contributed by atoms with E-state index >= 15 is 0 Å². The quantitative estimate of drug-likeness (QED) is 0.697. The second-order valence-corrected chi connectivity index (χ2v) is 0.885. The number of nitrogens with one attached hydrogen (secondary N) is 1. The number of halogens is 3. The molecule has 1 aromatic heterocycles. The third-order valence-electron chi connectivity index (χ3n) is 0.496. The summed E-state index contributed by atoms with van der Waals surface area (Å²) in [6.07, 6.45) is 3.75. The van der Waals surface area contributed by atoms with E-state index in [9.17, 15) is 0 Å². The van der Waals surface area contributed by atoms with Gasteiger partial charge in [0, 0.05) is 12.4 Å². The molecule has 1 N–H and O–H groups in total. The molecule has 1 aromatic rings. The van der Waals surface area contributed by atoms with Crippen molar-refractivity contribution in [1.82, 2.24) is 4.98 Å². The number of aromatic nitrogens is 1. The van der Waals surface area contributed by atoms with Crippen LogP contribution in [0, 0.1) is 0 Å². The Labute approximate surface area is 89.9 Å². The van der Waals surface area contributed by atoms with E-state index in [1.807, 2.05) is 24.5 Å². The Morgan fingerprint density at radius 2 is 1.11 bits per heavy atom. The highest BCUT2D eigenvalue weighted by molar-refractivity contribution is 8.93. The summed E-state index contributed by atoms with van der Waals surface area (Å²) in [4.78, 5) is 2.86. The molecule has 0 aromatic carbocycles. The summed E-state index contributed by atoms with van der Waals surface area (Å²) in [7, 11) is 0. The summed E-state index contributed by atoms with van der Waals surface area (Å²) in [5.74, 6) is 0. The average molecular weight is 344 g/mol. The molecule has 1 nitrogen and oxygen atoms in total. The number of rotatable bonds is 0. The van der Waals surface area contributed by atoms with Gasteiger partial charge in [-0.15, -0.1) is 50.9 Å². The van der Waals surface area contributed by atoms with E-state index in [1.54, 1.807) is 0 Å². The Kier molecular flexibility index (Phi) is 40.1. The summed E-state index contributed by atoms with van der Waals surface area (Å²) < 4.78 is 0. The minimum Gasteiger partial charge on any atom is -0.368 e. The van der Waals surface area contributed by atoms with Crippen molar-refractivity contribution in [3.05, 3.63) is 24.5 Å². The molecule has 0 radical (unpaired) electrons. The molecule has 0 fully saturated rings. The van der Waals surface area contributed by atoms with E-state index in [0.717, 1.165) is 0 Å². The van der Waals surface area contributed by atoms with Crippen LogP contribution in [-0.2, 0) is 0 Å². The first kappa shape index (κ1) is 22.5. The molecule has 0 aliphatic rings. The fourth-order valence-corrected chi connectivity index (χ4v) is 0.278. The molecule has 0 aliphatic carbocycles. The van der Waals surface area contributed by atoms with Crippen molar-refractivity contribution in [2.45, 2.75) is 0 Å². The van der Waals surface area contributed by atoms with Gasteiger partial charge in [0.1, 0.15) is 0 Å². The van der Waals surface area contributed by atoms with E-state index in [2.05, 4.69) is 4.98 Å². The topological polar surface area (TPSA) is 15.8 Å². The average Bonchev–Trinajstić information content (AvgIpc) is 1.76. The molecule has 0 saturated heterocycles. The Hall–Kier alpha value is 1.15. The summed E-state index contributed by atoms with van der Waals surface area (Å²) in [5, 5.41) is 0. The fourth-order valence-electron chi connectivity index (χ4n) is 0.278. The zero-order valence-electron chi connectivity index (χ0n) is 4.74. The van der Waals surface area contributed by atoms with Crippen molar-refractivity contribution >= 4 is 60.8 Å². The van der Waals surface area contributed by atoms with Gasteiger partial charge in [-0.25, -0.2) is 0 Å². The number of H-pyrrole nitrogens is 1. The second kappa shape index (κ2) is 16.1. The van der Waals surface area contributed by atoms with E-state index in [-0.39, 0.29) is 60.8 Å². The molecular formula is C4H11Br3NP. The lowest BCUT2D eigenvalue weighted by Crippen LogP contribution is -1.38. The van der Waals surface area contributed by atoms with Crippen LogP contribution in [0.15, 0.2) is 24.5 Å². The summed E-state index contributed by atoms with van der Waals surface area (Å²) in [5.41, 5.74) is 0. The highest BCUT2D eigenvalue weighted by Crippen LogP contribution is 1.72. The zero-order chi connectivity index (χ0) is 3.54. The van der Waals surface area contributed by atoms with Gasteiger partial charge in [0.25, 0.3) is 0 Å². The lowest BCUT2D eigenvalue weighted by Gasteiger charge is -1.49. The molecule has 0 aliphatic heterocycles. The van der Waals surface area contributed by atoms with E-state index in [0.29, 0.717) is 0 Å². The Morgan fingerprint density at radius 1 is 0.778 bits per heavy atom. The molecular weight excluding hydrogens is 333 g/mol. The van der Waals surface area contributed by atoms with Gasteiger partial charge >= 0.3 is 0 Å². The normalized spacial score (nSPS) is 4.44. The molecule has 0 saturated carbocycles. The van der Waals surface area contributed by atoms with E-state index < -0.39 is 0 Å². The molecule has 1 rings (SSSR count). The van der Waals surface area contributed by atoms with E-state index in [4.69, 9.17) is 0 Å². The first-order valence-electron chi connectivity index (χ1n) is 1.58. The third kappa shape index (κ3) is 12.4. The van der Waals surface area contributed by atoms with Gasteiger partial charge < -0.3 is 4.98 Å². The summed E-state index contributed by atoms with van der Waals surface area (Å²) in [6.45, 7) is 0. The predicted molar refractivity (Wildman–Crippen MR) is 62.9 cm³/mol. The smallest absolute Gasteiger partial charge is 0.000496 e. The highest BCUT2D eigenvalue weighted by Gasteiger charge is 1.55. The predicted octanol–water partition coefficient (Wildman–Crippen LogP) is 2.81. The monoisotopic (exact) mass is 341 g/mol. The standard InChI is InChI=1S/C4H5N.3BrH.H3P/c1-2-4-5-3-1;;;;/h1-5H;3*1H;1H3. The molecule has 0 spiro atoms. The van der Waals surface area contributed by atoms with Crippen molar-refractivity contribution in [3.8, 4) is 0 Å². The lowest BCUT2D eigenvalue weighted by molar-refractivity contribution is 1.42. The van der Waals surface area contributed by atoms with Crippen LogP contribution in [0.3, 0.4) is 0 Å². The minimum absolute atomic E-state index is 0. The van der Waals surface area contributed by atoms with Crippen LogP contribution >= 0.6 is 60.8 Å². The fraction of sp³-hybridized carbons (Fsp3) is 0. The van der Waals surface area contributed by atoms with Gasteiger partial charge in [0.15, 0.2) is 0 Å². The van der Waals surface area contributed by atoms with Crippen molar-refractivity contribution in [3.63, 3.8) is 0 Å². The molecule has 1 unspecified atom stereocenters. The molecule has 9 heavy (non-hydrogen) atoms. The maximum Gasteiger partial charge on any atom is 0.000496 e. The van der Waals surface area contributed by atoms with Gasteiger partial charge in [-0.2, -0.15) is 9.90 Å². The maximum atomic E-state index is 2.86. The molecule has 0 amide bonds. The van der Waals surface area contributed by atoms with Crippen LogP contribution < -0.4 is 0 Å². The summed E-state index contributed by atoms with van der Waals surface area (Å²) in [6, 6.07) is 3.89. The zero-order valence-corrected chi connectivity index (χ0v) is 11.3. The Balaban J connectivity index is -0.0000000312. The Morgan fingerprint density at radius 3 is 1.22 bits per heavy atom. The first-order valence-corrected chi connectivity index (χ1v) is 1.58. The Bertz CT molecular complexity index is 72.3. The van der Waals surface area contributed by atoms with Crippen molar-refractivity contribution < 1.29 is 0 Å². The molecule has 1 heterocycles. The van der Waals surface area contributed by atoms with Gasteiger partial charge in [-0.1, -0.05) is 0 Å². The van der Waals surface area contributed by atoms with Gasteiger partial charge in [0.2, 0.25) is 0 Å². The second-order valence-electron chi connectivity index (χ2n) is 0.885. The van der Waals surface area contributed by atoms with E-state index in [1.165, 1.54) is 0 Å². The van der Waals surface area contributed by atoms with Crippen molar-refractivity contribution in [1.29, 1.82) is 0 Å². The van der Waals surface area contributed by atoms with Crippen LogP contribution in [0.5, 0.6) is 0 Å². The SMILES string of the molecule is Br.Br.Br.P.c1cc[nH]c1. The van der Waals surface area contributed by atoms with Crippen LogP contribution in [0.25, 0.3) is 0 Å². The largest absolute Gasteiger partial charge is 0.368 e. The minimum atomic E-state index is 0. The van der Waals surface area contributed by atoms with Crippen molar-refractivity contribution in [2.24, 2.45) is 0 Å². The van der Waals surface area contributed by atoms with Crippen LogP contribution in [0.1, 0.15) is 0 Å². The molecule has 1 atom stereocenters. The van der Waals surface area contributed by atoms with Gasteiger partial charge in [-0.05, 0) is 12.1 Å². The van der Waals surface area contributed by atoms with Gasteiger partial charge in [-0.3, -0.25) is 0 Å². The van der Waals surface area contributed by atoms with Crippen LogP contribution in [-0.4, -0.2) is 4.98 Å². The number of hydrogen-bond acceptors (Lipinski definition) is 0. The maximum absolute atomic E-state index is 2.86. The number of hydrogen-bond donors (Lipinski definition) is 1. The first-order chi connectivity index (χ1) is 2.50. The van der Waals surface area contributed by atoms with Crippen LogP contribution in [0.4, 0.5) is 0 Å². The number of aromatic amines is 1. The lowest BCUT2D eigenvalue weighted by atomic mass is 10.7. The van der Waals surface area contributed by atoms with Gasteiger partial charge in [0.05, 0.1) is 0 Å². The third-order valence-corrected chi connectivity index (χ3v) is 0.496.